The van der Waals surface area contributed by atoms with E-state index in [1.807, 2.05) is 0 Å². The van der Waals surface area contributed by atoms with Crippen molar-refractivity contribution in [2.24, 2.45) is 5.92 Å². The van der Waals surface area contributed by atoms with Crippen LogP contribution in [0.2, 0.25) is 0 Å². The van der Waals surface area contributed by atoms with Crippen molar-refractivity contribution in [2.75, 3.05) is 0 Å². The topological polar surface area (TPSA) is 595 Å². The molecule has 42 nitrogen and oxygen atoms in total. The Labute approximate surface area is 494 Å². The average molecular weight is 1250 g/mol. The molecule has 452 valence electrons. The molecule has 9 aromatic rings. The monoisotopic (exact) mass is 1250 g/mol. The summed E-state index contributed by atoms with van der Waals surface area (Å²) in [6, 6.07) is 10.6. The summed E-state index contributed by atoms with van der Waals surface area (Å²) in [7, 11) is 0. The molecule has 0 spiro atoms. The zero-order chi connectivity index (χ0) is 66.1. The Bertz CT molecular complexity index is 4950. The molecular weight excluding hydrogens is 1220 g/mol. The summed E-state index contributed by atoms with van der Waals surface area (Å²) in [5.74, 6) is -2.90. The fourth-order valence-corrected chi connectivity index (χ4v) is 9.90. The van der Waals surface area contributed by atoms with Gasteiger partial charge in [-0.1, -0.05) is 6.92 Å². The number of benzene rings is 6. The van der Waals surface area contributed by atoms with E-state index in [4.69, 9.17) is 29.9 Å². The lowest BCUT2D eigenvalue weighted by atomic mass is 9.83. The molecule has 2 unspecified atom stereocenters. The van der Waals surface area contributed by atoms with Crippen molar-refractivity contribution in [2.45, 2.75) is 12.8 Å². The van der Waals surface area contributed by atoms with Crippen LogP contribution in [0.1, 0.15) is 18.5 Å². The molecule has 42 heteroatoms. The first-order valence-corrected chi connectivity index (χ1v) is 24.6. The van der Waals surface area contributed by atoms with Gasteiger partial charge in [0.2, 0.25) is 0 Å². The second kappa shape index (κ2) is 22.2. The molecule has 6 aromatic carbocycles. The number of hydrogen-bond donors (Lipinski definition) is 0. The molecule has 2 atom stereocenters. The van der Waals surface area contributed by atoms with Crippen molar-refractivity contribution in [1.29, 1.82) is 0 Å². The predicted molar refractivity (Wildman–Crippen MR) is 302 cm³/mol. The van der Waals surface area contributed by atoms with E-state index in [9.17, 15) is 121 Å². The zero-order valence-electron chi connectivity index (χ0n) is 44.3. The average Bonchev–Trinajstić information content (AvgIpc) is 0.713. The standard InChI is InChI=1S/C49H22N18O24/c1-19-12-31(61(78)79)37(67(90)91)18-25(19)43-42(24-6-11-30(60(76)77)36(17-24)66(88)89)54-48-46-44(50-38(20-2-7-26(56(68)69)32(13-20)62(80)81)39(52-46)21-3-8-27(57(70)71)33(14-21)63(82)83)45-47(49(48)55-43)53-41(23-5-10-29(59(74)75)35(16-23)65(86)87)40(51-45)22-4-9-28(58(72)73)34(15-22)64(84)85/h2-19,25H,1H3. The number of nitro benzene ring substituents is 10. The Morgan fingerprint density at radius 2 is 0.473 bits per heavy atom. The van der Waals surface area contributed by atoms with Crippen molar-refractivity contribution in [3.8, 4) is 56.3 Å². The third-order valence-corrected chi connectivity index (χ3v) is 13.9. The number of allylic oxidation sites excluding steroid dienone is 2. The Morgan fingerprint density at radius 3 is 0.703 bits per heavy atom. The molecule has 0 fully saturated rings. The first kappa shape index (κ1) is 59.8. The van der Waals surface area contributed by atoms with Gasteiger partial charge in [-0.3, -0.25) is 121 Å². The Kier molecular flexibility index (Phi) is 14.6. The summed E-state index contributed by atoms with van der Waals surface area (Å²) in [6.07, 6.45) is 1.57. The van der Waals surface area contributed by atoms with Crippen LogP contribution in [0, 0.1) is 127 Å². The third-order valence-electron chi connectivity index (χ3n) is 13.9. The summed E-state index contributed by atoms with van der Waals surface area (Å²) in [5.41, 5.74) is -24.2. The number of hydrogen-bond acceptors (Lipinski definition) is 30. The van der Waals surface area contributed by atoms with Gasteiger partial charge in [-0.25, -0.2) is 29.9 Å². The van der Waals surface area contributed by atoms with Gasteiger partial charge in [-0.15, -0.1) is 0 Å². The first-order valence-electron chi connectivity index (χ1n) is 24.6. The minimum Gasteiger partial charge on any atom is -0.258 e. The highest BCUT2D eigenvalue weighted by molar-refractivity contribution is 6.20. The quantitative estimate of drug-likeness (QED) is 0.0437. The lowest BCUT2D eigenvalue weighted by Gasteiger charge is -2.23. The highest BCUT2D eigenvalue weighted by atomic mass is 16.7. The molecule has 1 aliphatic rings. The summed E-state index contributed by atoms with van der Waals surface area (Å²) in [5, 5.41) is 148. The molecule has 1 aliphatic carbocycles. The fraction of sp³-hybridized carbons (Fsp3) is 0.0612. The minimum atomic E-state index is -1.62. The van der Waals surface area contributed by atoms with Gasteiger partial charge in [0.15, 0.2) is 0 Å². The van der Waals surface area contributed by atoms with Gasteiger partial charge in [-0.05, 0) is 36.2 Å². The number of rotatable bonds is 18. The van der Waals surface area contributed by atoms with Gasteiger partial charge in [0.1, 0.15) is 33.1 Å². The van der Waals surface area contributed by atoms with Crippen LogP contribution in [0.5, 0.6) is 0 Å². The molecule has 10 rings (SSSR count). The maximum absolute atomic E-state index is 12.6. The molecule has 91 heavy (non-hydrogen) atoms. The predicted octanol–water partition coefficient (Wildman–Crippen LogP) is 9.99. The van der Waals surface area contributed by atoms with E-state index in [1.165, 1.54) is 6.92 Å². The molecule has 0 saturated heterocycles. The number of nitrogens with zero attached hydrogens (tertiary/aromatic N) is 18. The lowest BCUT2D eigenvalue weighted by molar-refractivity contribution is -0.480. The van der Waals surface area contributed by atoms with Gasteiger partial charge < -0.3 is 0 Å². The maximum Gasteiger partial charge on any atom is 0.346 e. The number of nitro groups is 12. The fourth-order valence-electron chi connectivity index (χ4n) is 9.90. The van der Waals surface area contributed by atoms with E-state index in [0.717, 1.165) is 42.5 Å². The molecule has 0 bridgehead atoms. The van der Waals surface area contributed by atoms with E-state index in [2.05, 4.69) is 0 Å². The Morgan fingerprint density at radius 1 is 0.264 bits per heavy atom. The third kappa shape index (κ3) is 10.4. The zero-order valence-corrected chi connectivity index (χ0v) is 44.3. The second-order valence-electron chi connectivity index (χ2n) is 19.0. The molecule has 0 saturated carbocycles. The molecule has 0 amide bonds. The summed E-state index contributed by atoms with van der Waals surface area (Å²) < 4.78 is 0. The normalized spacial score (nSPS) is 13.6. The lowest BCUT2D eigenvalue weighted by Crippen LogP contribution is -2.21. The van der Waals surface area contributed by atoms with Crippen molar-refractivity contribution >= 4 is 90.0 Å². The molecule has 3 aromatic heterocycles. The SMILES string of the molecule is CC1C=C([N+](=O)[O-])C([N+](=O)[O-])=CC1c1nc2c3nc(-c4ccc([N+](=O)[O-])c([N+](=O)[O-])c4)c(-c4ccc([N+](=O)[O-])c([N+](=O)[O-])c4)nc3c3nc(-c4ccc([N+](=O)[O-])c([N+](=O)[O-])c4)c(-c4ccc([N+](=O)[O-])c([N+](=O)[O-])c4)nc3c2nc1-c1ccc([N+](=O)[O-])c([N+](=O)[O-])c1. The van der Waals surface area contributed by atoms with Crippen LogP contribution in [0.15, 0.2) is 115 Å². The van der Waals surface area contributed by atoms with E-state index in [1.54, 1.807) is 0 Å². The van der Waals surface area contributed by atoms with Crippen LogP contribution in [0.25, 0.3) is 89.4 Å². The van der Waals surface area contributed by atoms with Crippen LogP contribution in [0.3, 0.4) is 0 Å². The molecule has 3 heterocycles. The van der Waals surface area contributed by atoms with Gasteiger partial charge in [-0.2, -0.15) is 0 Å². The summed E-state index contributed by atoms with van der Waals surface area (Å²) >= 11 is 0. The van der Waals surface area contributed by atoms with Crippen LogP contribution >= 0.6 is 0 Å². The van der Waals surface area contributed by atoms with Crippen LogP contribution in [0.4, 0.5) is 56.9 Å². The van der Waals surface area contributed by atoms with Crippen molar-refractivity contribution in [3.05, 3.63) is 242 Å². The maximum atomic E-state index is 12.6. The van der Waals surface area contributed by atoms with E-state index >= 15 is 0 Å². The number of fused-ring (bicyclic) bond motifs is 6. The summed E-state index contributed by atoms with van der Waals surface area (Å²) in [6.45, 7) is 1.29. The molecule has 0 radical (unpaired) electrons. The number of aromatic nitrogens is 6. The Hall–Kier alpha value is -14.4. The smallest absolute Gasteiger partial charge is 0.258 e. The minimum absolute atomic E-state index is 0.476. The molecular formula is C49H22N18O24. The van der Waals surface area contributed by atoms with E-state index in [0.29, 0.717) is 60.7 Å². The van der Waals surface area contributed by atoms with Crippen molar-refractivity contribution in [1.82, 2.24) is 29.9 Å². The largest absolute Gasteiger partial charge is 0.346 e. The van der Waals surface area contributed by atoms with Crippen LogP contribution in [-0.4, -0.2) is 89.0 Å². The Balaban J connectivity index is 1.50. The van der Waals surface area contributed by atoms with Crippen LogP contribution < -0.4 is 0 Å². The second-order valence-corrected chi connectivity index (χ2v) is 19.0. The molecule has 0 aliphatic heterocycles. The summed E-state index contributed by atoms with van der Waals surface area (Å²) in [4.78, 5) is 163. The van der Waals surface area contributed by atoms with Crippen LogP contribution in [-0.2, 0) is 0 Å². The highest BCUT2D eigenvalue weighted by Crippen LogP contribution is 2.47. The van der Waals surface area contributed by atoms with Gasteiger partial charge >= 0.3 is 68.3 Å². The highest BCUT2D eigenvalue weighted by Gasteiger charge is 2.41. The molecule has 0 N–H and O–H groups in total. The van der Waals surface area contributed by atoms with Crippen molar-refractivity contribution in [3.63, 3.8) is 0 Å². The van der Waals surface area contributed by atoms with E-state index < -0.39 is 234 Å². The van der Waals surface area contributed by atoms with Gasteiger partial charge in [0, 0.05) is 107 Å². The van der Waals surface area contributed by atoms with Gasteiger partial charge in [0.25, 0.3) is 0 Å². The first-order chi connectivity index (χ1) is 43.0. The van der Waals surface area contributed by atoms with Crippen molar-refractivity contribution < 1.29 is 59.1 Å². The van der Waals surface area contributed by atoms with E-state index in [-0.39, 0.29) is 0 Å². The van der Waals surface area contributed by atoms with Gasteiger partial charge in [0.05, 0.1) is 93.2 Å².